The molecule has 1 aliphatic heterocycles. The van der Waals surface area contributed by atoms with Crippen molar-refractivity contribution in [1.82, 2.24) is 14.7 Å². The van der Waals surface area contributed by atoms with Gasteiger partial charge in [0.1, 0.15) is 6.17 Å². The van der Waals surface area contributed by atoms with Gasteiger partial charge in [-0.2, -0.15) is 5.10 Å². The number of carbonyl (C=O) groups excluding carboxylic acids is 1. The number of carbonyl (C=O) groups is 1. The zero-order valence-electron chi connectivity index (χ0n) is 20.5. The average Bonchev–Trinajstić information content (AvgIpc) is 3.47. The zero-order chi connectivity index (χ0) is 24.0. The van der Waals surface area contributed by atoms with Gasteiger partial charge in [0.15, 0.2) is 6.03 Å². The number of urea groups is 1. The molecule has 2 heterocycles. The van der Waals surface area contributed by atoms with Crippen LogP contribution in [0.1, 0.15) is 41.5 Å². The number of alkyl halides is 1. The Kier molecular flexibility index (Phi) is 7.82. The summed E-state index contributed by atoms with van der Waals surface area (Å²) in [6, 6.07) is 0.611. The monoisotopic (exact) mass is 512 g/mol. The van der Waals surface area contributed by atoms with Crippen molar-refractivity contribution in [3.8, 4) is 0 Å². The maximum Gasteiger partial charge on any atom is 1.00 e. The maximum atomic E-state index is 14.4. The molecule has 9 nitrogen and oxygen atoms in total. The number of likely N-dealkylation sites (tertiary alicyclic amines) is 1. The molecule has 12 heteroatoms. The third kappa shape index (κ3) is 5.39. The Hall–Kier alpha value is -1.66. The van der Waals surface area contributed by atoms with Gasteiger partial charge in [-0.3, -0.25) is 13.8 Å². The molecule has 0 radical (unpaired) electrons. The molecular formula is C23H30FN6NaO3S. The number of anilines is 2. The Morgan fingerprint density at radius 3 is 2.37 bits per heavy atom. The third-order valence-electron chi connectivity index (χ3n) is 6.99. The smallest absolute Gasteiger partial charge is 0.423 e. The first kappa shape index (κ1) is 26.4. The number of hydrogen-bond donors (Lipinski definition) is 1. The number of nitrogens with zero attached hydrogens (tertiary/aromatic N) is 5. The van der Waals surface area contributed by atoms with Crippen molar-refractivity contribution in [2.75, 3.05) is 29.8 Å². The fourth-order valence-corrected chi connectivity index (χ4v) is 6.92. The summed E-state index contributed by atoms with van der Waals surface area (Å²) in [5.74, 6) is 0. The Morgan fingerprint density at radius 2 is 1.80 bits per heavy atom. The Bertz CT molecular complexity index is 1180. The number of nitrogens with one attached hydrogen (secondary N) is 1. The molecule has 0 spiro atoms. The van der Waals surface area contributed by atoms with E-state index < -0.39 is 28.5 Å². The fraction of sp³-hybridized carbons (Fsp3) is 0.565. The van der Waals surface area contributed by atoms with Crippen molar-refractivity contribution in [2.24, 2.45) is 7.05 Å². The molecule has 0 bridgehead atoms. The van der Waals surface area contributed by atoms with Crippen LogP contribution >= 0.6 is 0 Å². The number of halogens is 1. The van der Waals surface area contributed by atoms with Gasteiger partial charge in [-0.25, -0.2) is 12.8 Å². The van der Waals surface area contributed by atoms with E-state index in [9.17, 15) is 17.6 Å². The molecule has 1 saturated heterocycles. The van der Waals surface area contributed by atoms with Crippen molar-refractivity contribution in [2.45, 2.75) is 57.2 Å². The summed E-state index contributed by atoms with van der Waals surface area (Å²) < 4.78 is 47.4. The average molecular weight is 513 g/mol. The van der Waals surface area contributed by atoms with Crippen LogP contribution in [0.15, 0.2) is 18.5 Å². The van der Waals surface area contributed by atoms with Gasteiger partial charge in [-0.1, -0.05) is 6.07 Å². The minimum absolute atomic E-state index is 0. The molecule has 2 atom stereocenters. The number of rotatable bonds is 5. The molecule has 2 aliphatic carbocycles. The topological polar surface area (TPSA) is 102 Å². The first-order valence-corrected chi connectivity index (χ1v) is 13.2. The van der Waals surface area contributed by atoms with Gasteiger partial charge in [0.05, 0.1) is 17.9 Å². The minimum atomic E-state index is -4.46. The van der Waals surface area contributed by atoms with Crippen LogP contribution in [0.4, 0.5) is 20.6 Å². The van der Waals surface area contributed by atoms with Gasteiger partial charge in [-0.05, 0) is 73.5 Å². The van der Waals surface area contributed by atoms with Gasteiger partial charge in [0.25, 0.3) is 10.2 Å². The first-order chi connectivity index (χ1) is 16.2. The van der Waals surface area contributed by atoms with Crippen LogP contribution in [-0.4, -0.2) is 61.5 Å². The van der Waals surface area contributed by atoms with Gasteiger partial charge in [0, 0.05) is 32.8 Å². The second-order valence-electron chi connectivity index (χ2n) is 9.61. The third-order valence-corrected chi connectivity index (χ3v) is 8.39. The summed E-state index contributed by atoms with van der Waals surface area (Å²) >= 11 is 0. The van der Waals surface area contributed by atoms with E-state index in [1.54, 1.807) is 19.0 Å². The number of aryl methyl sites for hydroxylation is 3. The van der Waals surface area contributed by atoms with Gasteiger partial charge in [-0.15, -0.1) is 0 Å². The van der Waals surface area contributed by atoms with Crippen molar-refractivity contribution in [3.05, 3.63) is 45.4 Å². The normalized spacial score (nSPS) is 21.7. The van der Waals surface area contributed by atoms with Crippen molar-refractivity contribution in [1.29, 1.82) is 0 Å². The predicted molar refractivity (Wildman–Crippen MR) is 128 cm³/mol. The van der Waals surface area contributed by atoms with Crippen molar-refractivity contribution >= 4 is 27.6 Å². The Labute approximate surface area is 227 Å². The molecule has 0 saturated carbocycles. The summed E-state index contributed by atoms with van der Waals surface area (Å²) in [6.45, 7) is 0.560. The van der Waals surface area contributed by atoms with Crippen LogP contribution in [0.25, 0.3) is 4.72 Å². The molecule has 1 aromatic carbocycles. The van der Waals surface area contributed by atoms with Crippen LogP contribution < -0.4 is 39.2 Å². The maximum absolute atomic E-state index is 14.4. The number of benzene rings is 1. The van der Waals surface area contributed by atoms with E-state index in [2.05, 4.69) is 21.2 Å². The fourth-order valence-electron chi connectivity index (χ4n) is 5.69. The molecule has 1 N–H and O–H groups in total. The first-order valence-electron chi connectivity index (χ1n) is 11.8. The molecule has 1 fully saturated rings. The molecule has 35 heavy (non-hydrogen) atoms. The van der Waals surface area contributed by atoms with Gasteiger partial charge in [0.2, 0.25) is 0 Å². The summed E-state index contributed by atoms with van der Waals surface area (Å²) in [5, 5.41) is 6.88. The molecular weight excluding hydrogens is 482 g/mol. The summed E-state index contributed by atoms with van der Waals surface area (Å²) in [4.78, 5) is 14.7. The van der Waals surface area contributed by atoms with E-state index in [0.29, 0.717) is 6.54 Å². The van der Waals surface area contributed by atoms with Crippen LogP contribution in [0.2, 0.25) is 0 Å². The van der Waals surface area contributed by atoms with Crippen LogP contribution in [-0.2, 0) is 42.9 Å². The summed E-state index contributed by atoms with van der Waals surface area (Å²) in [5.41, 5.74) is 5.65. The number of aromatic nitrogens is 2. The van der Waals surface area contributed by atoms with Crippen molar-refractivity contribution < 1.29 is 47.2 Å². The van der Waals surface area contributed by atoms with Crippen LogP contribution in [0.5, 0.6) is 0 Å². The SMILES string of the molecule is CN1CC(F)CC(N(c2cnn(C)c2)S(=O)(=O)[N-]C(=O)Nc2c3c(cc4c2CCC4)CCC3)C1.[Na+]. The molecule has 184 valence electrons. The van der Waals surface area contributed by atoms with Crippen LogP contribution in [0.3, 0.4) is 0 Å². The number of likely N-dealkylation sites (N-methyl/N-ethyl adjacent to an activating group) is 1. The van der Waals surface area contributed by atoms with Gasteiger partial charge < -0.3 is 14.9 Å². The molecule has 5 rings (SSSR count). The minimum Gasteiger partial charge on any atom is -0.423 e. The summed E-state index contributed by atoms with van der Waals surface area (Å²) in [6.07, 6.45) is 7.46. The standard InChI is InChI=1S/C23H31FN6O3S.Na/c1-28-12-17(24)10-18(13-28)30(19-11-25-29(2)14-19)34(32,33)27-23(31)26-22-20-7-3-5-15(20)9-16-6-4-8-21(16)22;/h9,11,14,17-18H,3-8,10,12-13H2,1-2H3,(H2,26,27,31);/q;+1/p-1. The number of piperidine rings is 1. The molecule has 2 amide bonds. The van der Waals surface area contributed by atoms with Crippen LogP contribution in [0, 0.1) is 0 Å². The number of amides is 2. The number of hydrogen-bond acceptors (Lipinski definition) is 5. The Balaban J connectivity index is 0.00000289. The molecule has 2 unspecified atom stereocenters. The largest absolute Gasteiger partial charge is 1.00 e. The second-order valence-corrected chi connectivity index (χ2v) is 11.1. The predicted octanol–water partition coefficient (Wildman–Crippen LogP) is 0.101. The second kappa shape index (κ2) is 10.4. The van der Waals surface area contributed by atoms with E-state index in [-0.39, 0.29) is 48.2 Å². The van der Waals surface area contributed by atoms with E-state index >= 15 is 0 Å². The van der Waals surface area contributed by atoms with Gasteiger partial charge >= 0.3 is 29.6 Å². The summed E-state index contributed by atoms with van der Waals surface area (Å²) in [7, 11) is -1.05. The molecule has 1 aromatic heterocycles. The number of fused-ring (bicyclic) bond motifs is 2. The quantitative estimate of drug-likeness (QED) is 0.573. The van der Waals surface area contributed by atoms with E-state index in [1.807, 2.05) is 0 Å². The van der Waals surface area contributed by atoms with Crippen molar-refractivity contribution in [3.63, 3.8) is 0 Å². The van der Waals surface area contributed by atoms with E-state index in [0.717, 1.165) is 59.6 Å². The zero-order valence-corrected chi connectivity index (χ0v) is 23.3. The Morgan fingerprint density at radius 1 is 1.14 bits per heavy atom. The molecule has 3 aliphatic rings. The van der Waals surface area contributed by atoms with E-state index in [1.165, 1.54) is 28.2 Å². The molecule has 2 aromatic rings. The van der Waals surface area contributed by atoms with E-state index in [4.69, 9.17) is 0 Å².